The van der Waals surface area contributed by atoms with Gasteiger partial charge in [-0.05, 0) is 135 Å². The van der Waals surface area contributed by atoms with E-state index in [1.165, 1.54) is 27.8 Å². The van der Waals surface area contributed by atoms with Crippen LogP contribution in [0.25, 0.3) is 12.2 Å². The molecule has 11 nitrogen and oxygen atoms in total. The van der Waals surface area contributed by atoms with E-state index in [9.17, 15) is 9.59 Å². The largest absolute Gasteiger partial charge is 0.439 e. The van der Waals surface area contributed by atoms with E-state index in [1.54, 1.807) is 18.3 Å². The number of para-hydroxylation sites is 1. The van der Waals surface area contributed by atoms with E-state index in [2.05, 4.69) is 92.7 Å². The molecular formula is C62H64N6O5. The van der Waals surface area contributed by atoms with Crippen LogP contribution in [-0.4, -0.2) is 65.3 Å². The Labute approximate surface area is 429 Å². The number of nitrogens with one attached hydrogen (secondary N) is 3. The fourth-order valence-electron chi connectivity index (χ4n) is 8.98. The van der Waals surface area contributed by atoms with Crippen LogP contribution in [0.1, 0.15) is 83.7 Å². The lowest BCUT2D eigenvalue weighted by Gasteiger charge is -2.28. The molecule has 5 aromatic carbocycles. The lowest BCUT2D eigenvalue weighted by Crippen LogP contribution is -2.44. The van der Waals surface area contributed by atoms with Crippen LogP contribution >= 0.6 is 0 Å². The third-order valence-corrected chi connectivity index (χ3v) is 13.2. The average Bonchev–Trinajstić information content (AvgIpc) is 4.37. The maximum absolute atomic E-state index is 12.7. The summed E-state index contributed by atoms with van der Waals surface area (Å²) in [5.74, 6) is 4.27. The SMILES string of the molecule is Cc1ccc(Oc2cccc(C=C3CCN(C(=O)N[C@@H]4C[C@H]4c4ccccc4)CC3)c2)nc1.Cc1ccc(Oc2cccc(C=C3CCNCC3)c2)nc1.O=C(N[C@@H]1C[C@H]1c1ccccc1)Oc1ccccc1. The molecule has 7 aromatic rings. The van der Waals surface area contributed by atoms with E-state index in [-0.39, 0.29) is 24.2 Å². The van der Waals surface area contributed by atoms with Crippen LogP contribution in [0.4, 0.5) is 9.59 Å². The standard InChI is InChI=1S/C28H29N3O2.C18H20N2O.C16H15NO2/c1-20-10-11-27(29-19-20)33-24-9-5-6-22(17-24)16-21-12-14-31(15-13-21)28(32)30-26-18-25(26)23-7-3-2-4-8-23;1-14-5-6-18(20-13-14)21-17-4-2-3-16(12-17)11-15-7-9-19-10-8-15;18-16(19-13-9-5-2-6-10-13)17-15-11-14(15)12-7-3-1-4-8-12/h2-11,16-17,19,25-26H,12-15,18H2,1H3,(H,30,32);2-6,11-13,19H,7-10H2,1H3;1-10,14-15H,11H2,(H,17,18)/t25-,26+;;14-,15+/m0.0/s1. The number of piperidine rings is 2. The van der Waals surface area contributed by atoms with Crippen molar-refractivity contribution in [2.24, 2.45) is 0 Å². The molecule has 372 valence electrons. The second-order valence-electron chi connectivity index (χ2n) is 19.1. The topological polar surface area (TPSA) is 127 Å². The number of urea groups is 1. The highest BCUT2D eigenvalue weighted by molar-refractivity contribution is 5.75. The molecule has 0 spiro atoms. The summed E-state index contributed by atoms with van der Waals surface area (Å²) in [6.07, 6.45) is 13.8. The number of nitrogens with zero attached hydrogens (tertiary/aromatic N) is 3. The van der Waals surface area contributed by atoms with Crippen LogP contribution in [0, 0.1) is 13.8 Å². The summed E-state index contributed by atoms with van der Waals surface area (Å²) in [6, 6.07) is 54.3. The first-order chi connectivity index (χ1) is 35.8. The number of hydrogen-bond donors (Lipinski definition) is 3. The van der Waals surface area contributed by atoms with Crippen molar-refractivity contribution >= 4 is 24.3 Å². The van der Waals surface area contributed by atoms with Crippen LogP contribution in [-0.2, 0) is 0 Å². The van der Waals surface area contributed by atoms with Crippen LogP contribution in [0.15, 0.2) is 187 Å². The summed E-state index contributed by atoms with van der Waals surface area (Å²) in [7, 11) is 0. The van der Waals surface area contributed by atoms with Crippen molar-refractivity contribution in [3.8, 4) is 29.0 Å². The minimum atomic E-state index is -0.380. The summed E-state index contributed by atoms with van der Waals surface area (Å²) in [4.78, 5) is 34.9. The zero-order valence-corrected chi connectivity index (χ0v) is 41.7. The van der Waals surface area contributed by atoms with Gasteiger partial charge in [-0.15, -0.1) is 0 Å². The highest BCUT2D eigenvalue weighted by atomic mass is 16.6. The molecule has 0 radical (unpaired) electrons. The molecule has 2 aliphatic carbocycles. The quantitative estimate of drug-likeness (QED) is 0.117. The molecule has 4 atom stereocenters. The van der Waals surface area contributed by atoms with Crippen LogP contribution in [0.3, 0.4) is 0 Å². The van der Waals surface area contributed by atoms with Crippen molar-refractivity contribution in [3.05, 3.63) is 221 Å². The molecule has 73 heavy (non-hydrogen) atoms. The Kier molecular flexibility index (Phi) is 17.0. The summed E-state index contributed by atoms with van der Waals surface area (Å²) in [6.45, 7) is 7.69. The predicted molar refractivity (Wildman–Crippen MR) is 289 cm³/mol. The van der Waals surface area contributed by atoms with Gasteiger partial charge in [0.05, 0.1) is 0 Å². The average molecular weight is 973 g/mol. The molecule has 0 unspecified atom stereocenters. The number of likely N-dealkylation sites (tertiary alicyclic amines) is 1. The third-order valence-electron chi connectivity index (χ3n) is 13.2. The van der Waals surface area contributed by atoms with Crippen LogP contribution < -0.4 is 30.2 Å². The summed E-state index contributed by atoms with van der Waals surface area (Å²) in [5.41, 5.74) is 9.98. The van der Waals surface area contributed by atoms with Crippen LogP contribution in [0.2, 0.25) is 0 Å². The Bertz CT molecular complexity index is 2930. The molecule has 4 fully saturated rings. The highest BCUT2D eigenvalue weighted by Gasteiger charge is 2.41. The van der Waals surface area contributed by atoms with Gasteiger partial charge in [-0.1, -0.05) is 139 Å². The molecule has 11 heteroatoms. The van der Waals surface area contributed by atoms with Gasteiger partial charge in [0.15, 0.2) is 0 Å². The van der Waals surface area contributed by atoms with Crippen molar-refractivity contribution in [2.75, 3.05) is 26.2 Å². The molecule has 11 rings (SSSR count). The van der Waals surface area contributed by atoms with Gasteiger partial charge in [-0.3, -0.25) is 0 Å². The summed E-state index contributed by atoms with van der Waals surface area (Å²) < 4.78 is 16.9. The maximum atomic E-state index is 12.7. The monoisotopic (exact) mass is 972 g/mol. The number of rotatable bonds is 11. The summed E-state index contributed by atoms with van der Waals surface area (Å²) >= 11 is 0. The van der Waals surface area contributed by atoms with Crippen LogP contribution in [0.5, 0.6) is 29.0 Å². The van der Waals surface area contributed by atoms with E-state index in [1.807, 2.05) is 122 Å². The van der Waals surface area contributed by atoms with Gasteiger partial charge >= 0.3 is 12.1 Å². The molecule has 4 aliphatic rings. The van der Waals surface area contributed by atoms with Gasteiger partial charge in [-0.2, -0.15) is 0 Å². The van der Waals surface area contributed by atoms with Gasteiger partial charge in [0, 0.05) is 61.5 Å². The molecule has 3 amide bonds. The first kappa shape index (κ1) is 49.9. The molecule has 4 heterocycles. The molecule has 2 aliphatic heterocycles. The molecule has 0 bridgehead atoms. The Morgan fingerprint density at radius 3 is 1.51 bits per heavy atom. The Morgan fingerprint density at radius 2 is 1.01 bits per heavy atom. The van der Waals surface area contributed by atoms with Crippen molar-refractivity contribution in [1.82, 2.24) is 30.8 Å². The lowest BCUT2D eigenvalue weighted by molar-refractivity contribution is 0.193. The number of pyridine rings is 2. The van der Waals surface area contributed by atoms with Crippen molar-refractivity contribution in [3.63, 3.8) is 0 Å². The molecule has 3 N–H and O–H groups in total. The minimum absolute atomic E-state index is 0.0680. The Hall–Kier alpha value is -8.02. The third kappa shape index (κ3) is 15.5. The summed E-state index contributed by atoms with van der Waals surface area (Å²) in [5, 5.41) is 9.48. The first-order valence-corrected chi connectivity index (χ1v) is 25.5. The Morgan fingerprint density at radius 1 is 0.548 bits per heavy atom. The number of hydrogen-bond acceptors (Lipinski definition) is 8. The van der Waals surface area contributed by atoms with Gasteiger partial charge < -0.3 is 35.1 Å². The van der Waals surface area contributed by atoms with Crippen molar-refractivity contribution < 1.29 is 23.8 Å². The lowest BCUT2D eigenvalue weighted by atomic mass is 10.0. The fraction of sp³-hybridized carbons (Fsp3) is 0.258. The predicted octanol–water partition coefficient (Wildman–Crippen LogP) is 13.2. The van der Waals surface area contributed by atoms with E-state index < -0.39 is 0 Å². The number of carbonyl (C=O) groups excluding carboxylic acids is 2. The van der Waals surface area contributed by atoms with Crippen molar-refractivity contribution in [1.29, 1.82) is 0 Å². The number of benzene rings is 5. The second kappa shape index (κ2) is 24.9. The molecule has 2 saturated heterocycles. The second-order valence-corrected chi connectivity index (χ2v) is 19.1. The number of aromatic nitrogens is 2. The molecule has 2 saturated carbocycles. The van der Waals surface area contributed by atoms with Gasteiger partial charge in [0.1, 0.15) is 17.2 Å². The highest BCUT2D eigenvalue weighted by Crippen LogP contribution is 2.41. The Balaban J connectivity index is 0.000000142. The zero-order valence-electron chi connectivity index (χ0n) is 41.7. The molecule has 2 aromatic heterocycles. The van der Waals surface area contributed by atoms with Gasteiger partial charge in [-0.25, -0.2) is 19.6 Å². The van der Waals surface area contributed by atoms with Crippen molar-refractivity contribution in [2.45, 2.75) is 76.3 Å². The number of aryl methyl sites for hydroxylation is 2. The number of ether oxygens (including phenoxy) is 3. The number of amides is 3. The maximum Gasteiger partial charge on any atom is 0.412 e. The minimum Gasteiger partial charge on any atom is -0.439 e. The van der Waals surface area contributed by atoms with Gasteiger partial charge in [0.25, 0.3) is 0 Å². The smallest absolute Gasteiger partial charge is 0.412 e. The first-order valence-electron chi connectivity index (χ1n) is 25.5. The van der Waals surface area contributed by atoms with E-state index in [0.29, 0.717) is 29.3 Å². The normalized spacial score (nSPS) is 18.5. The molecular weight excluding hydrogens is 909 g/mol. The van der Waals surface area contributed by atoms with Gasteiger partial charge in [0.2, 0.25) is 11.8 Å². The fourth-order valence-corrected chi connectivity index (χ4v) is 8.98. The van der Waals surface area contributed by atoms with E-state index >= 15 is 0 Å². The zero-order chi connectivity index (χ0) is 50.2. The number of carbonyl (C=O) groups is 2. The van der Waals surface area contributed by atoms with E-state index in [0.717, 1.165) is 92.9 Å². The van der Waals surface area contributed by atoms with E-state index in [4.69, 9.17) is 14.2 Å².